The number of nitrogens with zero attached hydrogens (tertiary/aromatic N) is 2. The van der Waals surface area contributed by atoms with E-state index in [-0.39, 0.29) is 5.91 Å². The molecule has 0 aliphatic carbocycles. The van der Waals surface area contributed by atoms with Gasteiger partial charge in [0.15, 0.2) is 5.13 Å². The first-order chi connectivity index (χ1) is 10.2. The number of aromatic nitrogens is 1. The van der Waals surface area contributed by atoms with E-state index in [9.17, 15) is 4.79 Å². The molecule has 0 saturated carbocycles. The van der Waals surface area contributed by atoms with Crippen LogP contribution in [0.4, 0.5) is 5.13 Å². The fraction of sp³-hybridized carbons (Fsp3) is 0.333. The van der Waals surface area contributed by atoms with Gasteiger partial charge in [-0.25, -0.2) is 4.98 Å². The van der Waals surface area contributed by atoms with Gasteiger partial charge in [-0.3, -0.25) is 15.0 Å². The molecule has 0 atom stereocenters. The molecule has 1 N–H and O–H groups in total. The van der Waals surface area contributed by atoms with Crippen LogP contribution in [0.15, 0.2) is 28.7 Å². The smallest absolute Gasteiger partial charge is 0.257 e. The van der Waals surface area contributed by atoms with E-state index in [0.717, 1.165) is 36.2 Å². The summed E-state index contributed by atoms with van der Waals surface area (Å²) in [5, 5.41) is 3.60. The average Bonchev–Trinajstić information content (AvgIpc) is 2.88. The number of halogens is 1. The number of likely N-dealkylation sites (N-methyl/N-ethyl adjacent to an activating group) is 1. The van der Waals surface area contributed by atoms with Gasteiger partial charge in [-0.15, -0.1) is 11.3 Å². The van der Waals surface area contributed by atoms with Gasteiger partial charge < -0.3 is 0 Å². The summed E-state index contributed by atoms with van der Waals surface area (Å²) >= 11 is 4.95. The van der Waals surface area contributed by atoms with Crippen LogP contribution in [-0.2, 0) is 13.0 Å². The minimum Gasteiger partial charge on any atom is -0.298 e. The monoisotopic (exact) mass is 365 g/mol. The molecule has 3 rings (SSSR count). The van der Waals surface area contributed by atoms with E-state index in [1.807, 2.05) is 12.1 Å². The molecule has 1 aliphatic rings. The lowest BCUT2D eigenvalue weighted by atomic mass is 10.2. The van der Waals surface area contributed by atoms with Crippen LogP contribution in [0.25, 0.3) is 0 Å². The van der Waals surface area contributed by atoms with Gasteiger partial charge in [-0.05, 0) is 30.8 Å². The van der Waals surface area contributed by atoms with Crippen molar-refractivity contribution in [3.63, 3.8) is 0 Å². The Hall–Kier alpha value is -1.24. The van der Waals surface area contributed by atoms with E-state index in [4.69, 9.17) is 0 Å². The van der Waals surface area contributed by atoms with Crippen LogP contribution >= 0.6 is 27.3 Å². The number of benzene rings is 1. The second-order valence-corrected chi connectivity index (χ2v) is 6.97. The molecule has 1 aromatic heterocycles. The molecule has 1 amide bonds. The van der Waals surface area contributed by atoms with Crippen LogP contribution < -0.4 is 5.32 Å². The quantitative estimate of drug-likeness (QED) is 0.904. The van der Waals surface area contributed by atoms with E-state index < -0.39 is 0 Å². The van der Waals surface area contributed by atoms with Crippen molar-refractivity contribution >= 4 is 38.3 Å². The highest BCUT2D eigenvalue weighted by molar-refractivity contribution is 9.10. The molecule has 0 unspecified atom stereocenters. The molecule has 0 saturated heterocycles. The maximum atomic E-state index is 12.2. The molecule has 1 aromatic carbocycles. The predicted octanol–water partition coefficient (Wildman–Crippen LogP) is 3.54. The maximum Gasteiger partial charge on any atom is 0.257 e. The normalized spacial score (nSPS) is 14.8. The molecular weight excluding hydrogens is 350 g/mol. The van der Waals surface area contributed by atoms with Crippen LogP contribution in [0.2, 0.25) is 0 Å². The Labute approximate surface area is 136 Å². The first kappa shape index (κ1) is 14.7. The van der Waals surface area contributed by atoms with Gasteiger partial charge in [-0.1, -0.05) is 22.9 Å². The Morgan fingerprint density at radius 2 is 2.19 bits per heavy atom. The molecule has 4 nitrogen and oxygen atoms in total. The van der Waals surface area contributed by atoms with E-state index in [1.165, 1.54) is 4.88 Å². The lowest BCUT2D eigenvalue weighted by Gasteiger charge is -2.23. The second kappa shape index (κ2) is 6.25. The Morgan fingerprint density at radius 3 is 2.90 bits per heavy atom. The number of nitrogens with one attached hydrogen (secondary N) is 1. The van der Waals surface area contributed by atoms with Gasteiger partial charge in [0.2, 0.25) is 0 Å². The number of rotatable bonds is 3. The maximum absolute atomic E-state index is 12.2. The molecule has 1 aliphatic heterocycles. The van der Waals surface area contributed by atoms with Crippen LogP contribution in [0.1, 0.15) is 27.9 Å². The Balaban J connectivity index is 1.72. The van der Waals surface area contributed by atoms with Gasteiger partial charge in [0.1, 0.15) is 0 Å². The zero-order valence-corrected chi connectivity index (χ0v) is 14.1. The fourth-order valence-electron chi connectivity index (χ4n) is 2.34. The number of hydrogen-bond donors (Lipinski definition) is 1. The number of anilines is 1. The second-order valence-electron chi connectivity index (χ2n) is 4.97. The van der Waals surface area contributed by atoms with Gasteiger partial charge in [0.05, 0.1) is 5.69 Å². The first-order valence-electron chi connectivity index (χ1n) is 6.93. The summed E-state index contributed by atoms with van der Waals surface area (Å²) in [6, 6.07) is 7.32. The zero-order valence-electron chi connectivity index (χ0n) is 11.7. The largest absolute Gasteiger partial charge is 0.298 e. The highest BCUT2D eigenvalue weighted by Gasteiger charge is 2.20. The van der Waals surface area contributed by atoms with Crippen molar-refractivity contribution in [2.45, 2.75) is 19.9 Å². The van der Waals surface area contributed by atoms with Crippen molar-refractivity contribution in [3.8, 4) is 0 Å². The molecular formula is C15H16BrN3OS. The Bertz CT molecular complexity index is 653. The van der Waals surface area contributed by atoms with E-state index in [0.29, 0.717) is 10.7 Å². The number of hydrogen-bond acceptors (Lipinski definition) is 4. The van der Waals surface area contributed by atoms with Crippen LogP contribution in [0.5, 0.6) is 0 Å². The number of carbonyl (C=O) groups is 1. The van der Waals surface area contributed by atoms with Gasteiger partial charge in [-0.2, -0.15) is 0 Å². The lowest BCUT2D eigenvalue weighted by molar-refractivity contribution is 0.102. The standard InChI is InChI=1S/C15H16BrN3OS/c1-2-19-8-7-12-13(9-19)21-15(17-12)18-14(20)10-3-5-11(16)6-4-10/h3-6H,2,7-9H2,1H3,(H,17,18,20). The summed E-state index contributed by atoms with van der Waals surface area (Å²) in [4.78, 5) is 20.4. The third-order valence-corrected chi connectivity index (χ3v) is 5.11. The van der Waals surface area contributed by atoms with Crippen molar-refractivity contribution in [1.29, 1.82) is 0 Å². The van der Waals surface area contributed by atoms with Crippen molar-refractivity contribution in [2.75, 3.05) is 18.4 Å². The molecule has 0 spiro atoms. The fourth-order valence-corrected chi connectivity index (χ4v) is 3.65. The molecule has 2 heterocycles. The minimum atomic E-state index is -0.110. The molecule has 0 bridgehead atoms. The molecule has 0 radical (unpaired) electrons. The summed E-state index contributed by atoms with van der Waals surface area (Å²) in [7, 11) is 0. The van der Waals surface area contributed by atoms with Gasteiger partial charge in [0.25, 0.3) is 5.91 Å². The highest BCUT2D eigenvalue weighted by atomic mass is 79.9. The summed E-state index contributed by atoms with van der Waals surface area (Å²) in [6.07, 6.45) is 0.966. The predicted molar refractivity (Wildman–Crippen MR) is 88.9 cm³/mol. The van der Waals surface area contributed by atoms with Gasteiger partial charge in [0, 0.05) is 34.4 Å². The highest BCUT2D eigenvalue weighted by Crippen LogP contribution is 2.28. The lowest BCUT2D eigenvalue weighted by Crippen LogP contribution is -2.29. The van der Waals surface area contributed by atoms with Gasteiger partial charge >= 0.3 is 0 Å². The number of carbonyl (C=O) groups excluding carboxylic acids is 1. The topological polar surface area (TPSA) is 45.2 Å². The SMILES string of the molecule is CCN1CCc2nc(NC(=O)c3ccc(Br)cc3)sc2C1. The Morgan fingerprint density at radius 1 is 1.43 bits per heavy atom. The van der Waals surface area contributed by atoms with Crippen molar-refractivity contribution in [1.82, 2.24) is 9.88 Å². The Kier molecular flexibility index (Phi) is 4.37. The van der Waals surface area contributed by atoms with Crippen molar-refractivity contribution in [3.05, 3.63) is 44.9 Å². The first-order valence-corrected chi connectivity index (χ1v) is 8.54. The van der Waals surface area contributed by atoms with Crippen LogP contribution in [0, 0.1) is 0 Å². The number of fused-ring (bicyclic) bond motifs is 1. The molecule has 0 fully saturated rings. The van der Waals surface area contributed by atoms with Crippen LogP contribution in [-0.4, -0.2) is 28.9 Å². The number of amides is 1. The van der Waals surface area contributed by atoms with Crippen molar-refractivity contribution < 1.29 is 4.79 Å². The summed E-state index contributed by atoms with van der Waals surface area (Å²) in [5.74, 6) is -0.110. The zero-order chi connectivity index (χ0) is 14.8. The summed E-state index contributed by atoms with van der Waals surface area (Å²) in [5.41, 5.74) is 1.78. The van der Waals surface area contributed by atoms with Crippen LogP contribution in [0.3, 0.4) is 0 Å². The molecule has 21 heavy (non-hydrogen) atoms. The van der Waals surface area contributed by atoms with Crippen molar-refractivity contribution in [2.24, 2.45) is 0 Å². The van der Waals surface area contributed by atoms with E-state index in [2.05, 4.69) is 38.1 Å². The van der Waals surface area contributed by atoms with E-state index >= 15 is 0 Å². The molecule has 2 aromatic rings. The average molecular weight is 366 g/mol. The third-order valence-electron chi connectivity index (χ3n) is 3.58. The van der Waals surface area contributed by atoms with E-state index in [1.54, 1.807) is 23.5 Å². The molecule has 6 heteroatoms. The minimum absolute atomic E-state index is 0.110. The summed E-state index contributed by atoms with van der Waals surface area (Å²) < 4.78 is 0.961. The molecule has 110 valence electrons. The summed E-state index contributed by atoms with van der Waals surface area (Å²) in [6.45, 7) is 5.21. The third kappa shape index (κ3) is 3.33. The number of thiazole rings is 1.